The van der Waals surface area contributed by atoms with Gasteiger partial charge in [-0.1, -0.05) is 17.7 Å². The van der Waals surface area contributed by atoms with Gasteiger partial charge in [-0.2, -0.15) is 0 Å². The molecule has 2 nitrogen and oxygen atoms in total. The molecule has 1 aliphatic heterocycles. The highest BCUT2D eigenvalue weighted by atomic mass is 35.5. The Labute approximate surface area is 83.5 Å². The van der Waals surface area contributed by atoms with Crippen LogP contribution in [0, 0.1) is 0 Å². The van der Waals surface area contributed by atoms with Crippen LogP contribution in [0.1, 0.15) is 11.6 Å². The van der Waals surface area contributed by atoms with Crippen LogP contribution in [0.4, 0.5) is 5.69 Å². The first-order valence-corrected chi connectivity index (χ1v) is 4.78. The van der Waals surface area contributed by atoms with Gasteiger partial charge in [0.2, 0.25) is 0 Å². The summed E-state index contributed by atoms with van der Waals surface area (Å²) >= 11 is 5.93. The summed E-state index contributed by atoms with van der Waals surface area (Å²) in [6.45, 7) is 1.02. The van der Waals surface area contributed by atoms with Crippen molar-refractivity contribution in [2.75, 3.05) is 25.5 Å². The molecule has 70 valence electrons. The lowest BCUT2D eigenvalue weighted by molar-refractivity contribution is 0.626. The fourth-order valence-corrected chi connectivity index (χ4v) is 2.03. The van der Waals surface area contributed by atoms with Crippen LogP contribution in [0.15, 0.2) is 18.2 Å². The van der Waals surface area contributed by atoms with Gasteiger partial charge in [-0.15, -0.1) is 0 Å². The SMILES string of the molecule is CNC1CN(C)c2cc(Cl)ccc21. The molecule has 0 amide bonds. The average Bonchev–Trinajstić information content (AvgIpc) is 2.43. The molecule has 2 rings (SSSR count). The second-order valence-corrected chi connectivity index (χ2v) is 3.86. The lowest BCUT2D eigenvalue weighted by atomic mass is 10.1. The lowest BCUT2D eigenvalue weighted by Gasteiger charge is -2.11. The minimum Gasteiger partial charge on any atom is -0.372 e. The average molecular weight is 197 g/mol. The topological polar surface area (TPSA) is 15.3 Å². The summed E-state index contributed by atoms with van der Waals surface area (Å²) in [6, 6.07) is 6.51. The fourth-order valence-electron chi connectivity index (χ4n) is 1.86. The lowest BCUT2D eigenvalue weighted by Crippen LogP contribution is -2.22. The van der Waals surface area contributed by atoms with E-state index in [4.69, 9.17) is 11.6 Å². The highest BCUT2D eigenvalue weighted by Crippen LogP contribution is 2.35. The predicted octanol–water partition coefficient (Wildman–Crippen LogP) is 2.05. The van der Waals surface area contributed by atoms with E-state index in [-0.39, 0.29) is 0 Å². The first-order valence-electron chi connectivity index (χ1n) is 4.40. The molecule has 0 saturated heterocycles. The number of benzene rings is 1. The van der Waals surface area contributed by atoms with Gasteiger partial charge in [-0.05, 0) is 24.7 Å². The minimum atomic E-state index is 0.442. The van der Waals surface area contributed by atoms with Crippen LogP contribution >= 0.6 is 11.6 Å². The zero-order chi connectivity index (χ0) is 9.42. The van der Waals surface area contributed by atoms with E-state index in [0.717, 1.165) is 11.6 Å². The molecule has 0 saturated carbocycles. The van der Waals surface area contributed by atoms with E-state index >= 15 is 0 Å². The Morgan fingerprint density at radius 3 is 3.00 bits per heavy atom. The quantitative estimate of drug-likeness (QED) is 0.740. The zero-order valence-corrected chi connectivity index (χ0v) is 8.60. The molecular weight excluding hydrogens is 184 g/mol. The van der Waals surface area contributed by atoms with Gasteiger partial charge in [-0.25, -0.2) is 0 Å². The van der Waals surface area contributed by atoms with Crippen LogP contribution in [0.2, 0.25) is 5.02 Å². The number of fused-ring (bicyclic) bond motifs is 1. The molecule has 0 bridgehead atoms. The molecule has 13 heavy (non-hydrogen) atoms. The number of nitrogens with one attached hydrogen (secondary N) is 1. The normalized spacial score (nSPS) is 20.5. The monoisotopic (exact) mass is 196 g/mol. The van der Waals surface area contributed by atoms with Crippen LogP contribution in [0.25, 0.3) is 0 Å². The molecule has 0 aliphatic carbocycles. The Morgan fingerprint density at radius 1 is 1.54 bits per heavy atom. The van der Waals surface area contributed by atoms with E-state index in [2.05, 4.69) is 23.3 Å². The van der Waals surface area contributed by atoms with Crippen molar-refractivity contribution in [3.63, 3.8) is 0 Å². The van der Waals surface area contributed by atoms with Gasteiger partial charge in [0.1, 0.15) is 0 Å². The number of rotatable bonds is 1. The van der Waals surface area contributed by atoms with Crippen molar-refractivity contribution in [2.24, 2.45) is 0 Å². The van der Waals surface area contributed by atoms with Crippen LogP contribution in [-0.2, 0) is 0 Å². The zero-order valence-electron chi connectivity index (χ0n) is 7.84. The van der Waals surface area contributed by atoms with E-state index in [1.165, 1.54) is 11.3 Å². The van der Waals surface area contributed by atoms with E-state index in [1.54, 1.807) is 0 Å². The molecule has 1 N–H and O–H groups in total. The highest BCUT2D eigenvalue weighted by molar-refractivity contribution is 6.30. The Kier molecular flexibility index (Phi) is 2.18. The third-order valence-electron chi connectivity index (χ3n) is 2.58. The first kappa shape index (κ1) is 8.85. The van der Waals surface area contributed by atoms with Crippen molar-refractivity contribution in [1.82, 2.24) is 5.32 Å². The summed E-state index contributed by atoms with van der Waals surface area (Å²) in [5.41, 5.74) is 2.58. The molecule has 0 radical (unpaired) electrons. The Morgan fingerprint density at radius 2 is 2.31 bits per heavy atom. The third kappa shape index (κ3) is 1.40. The van der Waals surface area contributed by atoms with E-state index in [9.17, 15) is 0 Å². The molecule has 1 atom stereocenters. The van der Waals surface area contributed by atoms with Crippen molar-refractivity contribution < 1.29 is 0 Å². The van der Waals surface area contributed by atoms with Crippen LogP contribution in [-0.4, -0.2) is 20.6 Å². The van der Waals surface area contributed by atoms with Gasteiger partial charge in [0.15, 0.2) is 0 Å². The van der Waals surface area contributed by atoms with Crippen molar-refractivity contribution in [3.8, 4) is 0 Å². The number of hydrogen-bond acceptors (Lipinski definition) is 2. The number of nitrogens with zero attached hydrogens (tertiary/aromatic N) is 1. The summed E-state index contributed by atoms with van der Waals surface area (Å²) in [4.78, 5) is 2.22. The number of anilines is 1. The van der Waals surface area contributed by atoms with E-state index in [0.29, 0.717) is 6.04 Å². The van der Waals surface area contributed by atoms with Gasteiger partial charge < -0.3 is 10.2 Å². The van der Waals surface area contributed by atoms with Crippen molar-refractivity contribution in [3.05, 3.63) is 28.8 Å². The molecule has 3 heteroatoms. The maximum absolute atomic E-state index is 5.93. The van der Waals surface area contributed by atoms with Crippen molar-refractivity contribution in [1.29, 1.82) is 0 Å². The maximum Gasteiger partial charge on any atom is 0.0516 e. The highest BCUT2D eigenvalue weighted by Gasteiger charge is 2.24. The van der Waals surface area contributed by atoms with E-state index in [1.807, 2.05) is 19.2 Å². The molecule has 1 aromatic rings. The van der Waals surface area contributed by atoms with Crippen molar-refractivity contribution >= 4 is 17.3 Å². The van der Waals surface area contributed by atoms with Crippen LogP contribution < -0.4 is 10.2 Å². The second-order valence-electron chi connectivity index (χ2n) is 3.42. The molecule has 0 fully saturated rings. The third-order valence-corrected chi connectivity index (χ3v) is 2.82. The largest absolute Gasteiger partial charge is 0.372 e. The molecule has 0 aromatic heterocycles. The first-order chi connectivity index (χ1) is 6.22. The predicted molar refractivity (Wildman–Crippen MR) is 56.5 cm³/mol. The summed E-state index contributed by atoms with van der Waals surface area (Å²) < 4.78 is 0. The number of likely N-dealkylation sites (N-methyl/N-ethyl adjacent to an activating group) is 2. The minimum absolute atomic E-state index is 0.442. The molecule has 1 aromatic carbocycles. The Hall–Kier alpha value is -0.730. The standard InChI is InChI=1S/C10H13ClN2/c1-12-9-6-13(2)10-5-7(11)3-4-8(9)10/h3-5,9,12H,6H2,1-2H3. The smallest absolute Gasteiger partial charge is 0.0516 e. The van der Waals surface area contributed by atoms with Gasteiger partial charge in [0.05, 0.1) is 6.04 Å². The number of hydrogen-bond donors (Lipinski definition) is 1. The Bertz CT molecular complexity index is 325. The Balaban J connectivity index is 2.46. The molecule has 1 heterocycles. The van der Waals surface area contributed by atoms with Crippen molar-refractivity contribution in [2.45, 2.75) is 6.04 Å². The van der Waals surface area contributed by atoms with Gasteiger partial charge in [0.25, 0.3) is 0 Å². The maximum atomic E-state index is 5.93. The van der Waals surface area contributed by atoms with Crippen LogP contribution in [0.3, 0.4) is 0 Å². The summed E-state index contributed by atoms with van der Waals surface area (Å²) in [5.74, 6) is 0. The van der Waals surface area contributed by atoms with Gasteiger partial charge in [-0.3, -0.25) is 0 Å². The second kappa shape index (κ2) is 3.20. The summed E-state index contributed by atoms with van der Waals surface area (Å²) in [5, 5.41) is 4.09. The summed E-state index contributed by atoms with van der Waals surface area (Å²) in [7, 11) is 4.08. The van der Waals surface area contributed by atoms with Crippen LogP contribution in [0.5, 0.6) is 0 Å². The molecular formula is C10H13ClN2. The van der Waals surface area contributed by atoms with E-state index < -0.39 is 0 Å². The molecule has 1 aliphatic rings. The fraction of sp³-hybridized carbons (Fsp3) is 0.400. The molecule has 0 spiro atoms. The van der Waals surface area contributed by atoms with Gasteiger partial charge >= 0.3 is 0 Å². The number of halogens is 1. The van der Waals surface area contributed by atoms with Gasteiger partial charge in [0, 0.05) is 24.3 Å². The molecule has 1 unspecified atom stereocenters. The summed E-state index contributed by atoms with van der Waals surface area (Å²) in [6.07, 6.45) is 0.